The molecule has 1 atom stereocenters. The SMILES string of the molecule is CCCNC(CC)O[Si](OC)(OC)c1ccccc1. The molecule has 0 aliphatic rings. The van der Waals surface area contributed by atoms with Gasteiger partial charge in [0.2, 0.25) is 0 Å². The average Bonchev–Trinajstić information content (AvgIpc) is 2.49. The number of nitrogens with one attached hydrogen (secondary N) is 1. The molecule has 0 aliphatic carbocycles. The molecule has 0 bridgehead atoms. The number of hydrogen-bond donors (Lipinski definition) is 1. The van der Waals surface area contributed by atoms with Crippen LogP contribution in [0.15, 0.2) is 30.3 Å². The molecule has 0 saturated heterocycles. The van der Waals surface area contributed by atoms with E-state index in [9.17, 15) is 0 Å². The molecule has 5 heteroatoms. The summed E-state index contributed by atoms with van der Waals surface area (Å²) in [6.45, 7) is 5.14. The Morgan fingerprint density at radius 2 is 1.74 bits per heavy atom. The van der Waals surface area contributed by atoms with Crippen LogP contribution < -0.4 is 10.5 Å². The van der Waals surface area contributed by atoms with Gasteiger partial charge >= 0.3 is 8.80 Å². The van der Waals surface area contributed by atoms with Crippen LogP contribution in [-0.2, 0) is 13.3 Å². The van der Waals surface area contributed by atoms with Gasteiger partial charge in [-0.15, -0.1) is 0 Å². The lowest BCUT2D eigenvalue weighted by atomic mass is 10.4. The third kappa shape index (κ3) is 4.40. The molecule has 1 N–H and O–H groups in total. The zero-order valence-corrected chi connectivity index (χ0v) is 13.3. The van der Waals surface area contributed by atoms with Gasteiger partial charge < -0.3 is 13.3 Å². The molecular formula is C14H25NO3Si. The third-order valence-electron chi connectivity index (χ3n) is 2.96. The Bertz CT molecular complexity index is 344. The summed E-state index contributed by atoms with van der Waals surface area (Å²) < 4.78 is 17.4. The summed E-state index contributed by atoms with van der Waals surface area (Å²) in [6.07, 6.45) is 1.89. The van der Waals surface area contributed by atoms with Crippen LogP contribution >= 0.6 is 0 Å². The second-order valence-corrected chi connectivity index (χ2v) is 7.04. The lowest BCUT2D eigenvalue weighted by Crippen LogP contribution is -2.59. The molecule has 108 valence electrons. The van der Waals surface area contributed by atoms with Crippen LogP contribution in [0.1, 0.15) is 26.7 Å². The van der Waals surface area contributed by atoms with Gasteiger partial charge in [0.1, 0.15) is 6.23 Å². The van der Waals surface area contributed by atoms with Crippen molar-refractivity contribution in [3.8, 4) is 0 Å². The molecule has 0 fully saturated rings. The normalized spacial score (nSPS) is 13.5. The molecular weight excluding hydrogens is 258 g/mol. The summed E-state index contributed by atoms with van der Waals surface area (Å²) in [5.74, 6) is 0. The fourth-order valence-electron chi connectivity index (χ4n) is 1.89. The Morgan fingerprint density at radius 1 is 1.11 bits per heavy atom. The summed E-state index contributed by atoms with van der Waals surface area (Å²) in [6, 6.07) is 9.90. The van der Waals surface area contributed by atoms with Gasteiger partial charge in [-0.05, 0) is 19.4 Å². The molecule has 1 rings (SSSR count). The monoisotopic (exact) mass is 283 g/mol. The predicted octanol–water partition coefficient (Wildman–Crippen LogP) is 1.88. The van der Waals surface area contributed by atoms with Crippen molar-refractivity contribution in [2.24, 2.45) is 0 Å². The number of rotatable bonds is 9. The molecule has 1 aromatic carbocycles. The van der Waals surface area contributed by atoms with E-state index in [-0.39, 0.29) is 6.23 Å². The van der Waals surface area contributed by atoms with Gasteiger partial charge in [0.05, 0.1) is 0 Å². The van der Waals surface area contributed by atoms with Crippen LogP contribution in [0.2, 0.25) is 0 Å². The predicted molar refractivity (Wildman–Crippen MR) is 79.3 cm³/mol. The minimum atomic E-state index is -2.82. The first-order chi connectivity index (χ1) is 9.22. The van der Waals surface area contributed by atoms with Crippen LogP contribution in [0, 0.1) is 0 Å². The van der Waals surface area contributed by atoms with Crippen LogP contribution in [0.25, 0.3) is 0 Å². The first-order valence-electron chi connectivity index (χ1n) is 6.79. The fourth-order valence-corrected chi connectivity index (χ4v) is 4.08. The average molecular weight is 283 g/mol. The van der Waals surface area contributed by atoms with Gasteiger partial charge in [0, 0.05) is 19.4 Å². The van der Waals surface area contributed by atoms with Gasteiger partial charge in [0.25, 0.3) is 0 Å². The second kappa shape index (κ2) is 8.45. The Balaban J connectivity index is 2.87. The van der Waals surface area contributed by atoms with Gasteiger partial charge in [0.15, 0.2) is 0 Å². The lowest BCUT2D eigenvalue weighted by Gasteiger charge is -2.31. The standard InChI is InChI=1S/C14H25NO3Si/c1-5-12-15-14(6-2)18-19(16-3,17-4)13-10-8-7-9-11-13/h7-11,14-15H,5-6,12H2,1-4H3. The van der Waals surface area contributed by atoms with Gasteiger partial charge in [-0.2, -0.15) is 0 Å². The highest BCUT2D eigenvalue weighted by atomic mass is 28.4. The molecule has 0 saturated carbocycles. The third-order valence-corrected chi connectivity index (χ3v) is 5.67. The largest absolute Gasteiger partial charge is 0.537 e. The molecule has 0 amide bonds. The molecule has 0 aliphatic heterocycles. The van der Waals surface area contributed by atoms with Gasteiger partial charge in [-0.1, -0.05) is 44.2 Å². The van der Waals surface area contributed by atoms with E-state index in [1.165, 1.54) is 0 Å². The van der Waals surface area contributed by atoms with E-state index in [0.717, 1.165) is 24.6 Å². The molecule has 19 heavy (non-hydrogen) atoms. The maximum absolute atomic E-state index is 6.16. The highest BCUT2D eigenvalue weighted by Gasteiger charge is 2.43. The maximum Gasteiger partial charge on any atom is 0.537 e. The zero-order chi connectivity index (χ0) is 14.1. The molecule has 0 spiro atoms. The first-order valence-corrected chi connectivity index (χ1v) is 8.51. The number of benzene rings is 1. The van der Waals surface area contributed by atoms with Crippen LogP contribution in [0.4, 0.5) is 0 Å². The first kappa shape index (κ1) is 16.3. The van der Waals surface area contributed by atoms with Crippen molar-refractivity contribution in [1.82, 2.24) is 5.32 Å². The van der Waals surface area contributed by atoms with E-state index in [1.807, 2.05) is 30.3 Å². The highest BCUT2D eigenvalue weighted by Crippen LogP contribution is 2.12. The summed E-state index contributed by atoms with van der Waals surface area (Å²) >= 11 is 0. The minimum absolute atomic E-state index is 0.0493. The molecule has 0 heterocycles. The van der Waals surface area contributed by atoms with E-state index in [0.29, 0.717) is 0 Å². The fraction of sp³-hybridized carbons (Fsp3) is 0.571. The van der Waals surface area contributed by atoms with Crippen molar-refractivity contribution in [3.63, 3.8) is 0 Å². The quantitative estimate of drug-likeness (QED) is 0.555. The Kier molecular flexibility index (Phi) is 7.26. The molecule has 1 unspecified atom stereocenters. The second-order valence-electron chi connectivity index (χ2n) is 4.30. The van der Waals surface area contributed by atoms with Crippen LogP contribution in [-0.4, -0.2) is 35.8 Å². The van der Waals surface area contributed by atoms with Crippen molar-refractivity contribution in [2.45, 2.75) is 32.9 Å². The molecule has 4 nitrogen and oxygen atoms in total. The van der Waals surface area contributed by atoms with Crippen molar-refractivity contribution < 1.29 is 13.3 Å². The van der Waals surface area contributed by atoms with E-state index in [2.05, 4.69) is 19.2 Å². The van der Waals surface area contributed by atoms with Crippen molar-refractivity contribution in [3.05, 3.63) is 30.3 Å². The summed E-state index contributed by atoms with van der Waals surface area (Å²) in [4.78, 5) is 0. The smallest absolute Gasteiger partial charge is 0.373 e. The van der Waals surface area contributed by atoms with Gasteiger partial charge in [-0.25, -0.2) is 0 Å². The maximum atomic E-state index is 6.16. The van der Waals surface area contributed by atoms with E-state index >= 15 is 0 Å². The Hall–Kier alpha value is -0.723. The van der Waals surface area contributed by atoms with Crippen molar-refractivity contribution >= 4 is 14.0 Å². The van der Waals surface area contributed by atoms with Crippen molar-refractivity contribution in [2.75, 3.05) is 20.8 Å². The van der Waals surface area contributed by atoms with E-state index in [4.69, 9.17) is 13.3 Å². The van der Waals surface area contributed by atoms with E-state index < -0.39 is 8.80 Å². The van der Waals surface area contributed by atoms with Gasteiger partial charge in [-0.3, -0.25) is 5.32 Å². The zero-order valence-electron chi connectivity index (χ0n) is 12.3. The molecule has 1 aromatic rings. The van der Waals surface area contributed by atoms with Crippen LogP contribution in [0.5, 0.6) is 0 Å². The summed E-state index contributed by atoms with van der Waals surface area (Å²) in [7, 11) is 0.480. The van der Waals surface area contributed by atoms with Crippen LogP contribution in [0.3, 0.4) is 0 Å². The Labute approximate surface area is 117 Å². The van der Waals surface area contributed by atoms with E-state index in [1.54, 1.807) is 14.2 Å². The molecule has 0 aromatic heterocycles. The topological polar surface area (TPSA) is 39.7 Å². The minimum Gasteiger partial charge on any atom is -0.373 e. The van der Waals surface area contributed by atoms with Crippen molar-refractivity contribution in [1.29, 1.82) is 0 Å². The molecule has 0 radical (unpaired) electrons. The highest BCUT2D eigenvalue weighted by molar-refractivity contribution is 6.75. The summed E-state index contributed by atoms with van der Waals surface area (Å²) in [5, 5.41) is 4.35. The number of hydrogen-bond acceptors (Lipinski definition) is 4. The lowest BCUT2D eigenvalue weighted by molar-refractivity contribution is 0.0490. The Morgan fingerprint density at radius 3 is 2.21 bits per heavy atom. The summed E-state index contributed by atoms with van der Waals surface area (Å²) in [5.41, 5.74) is 0.